The molecule has 0 saturated heterocycles. The van der Waals surface area contributed by atoms with Crippen LogP contribution in [-0.4, -0.2) is 16.0 Å². The molecule has 1 aliphatic rings. The fourth-order valence-corrected chi connectivity index (χ4v) is 2.68. The maximum Gasteiger partial charge on any atom is 0.172 e. The van der Waals surface area contributed by atoms with E-state index in [0.29, 0.717) is 11.2 Å². The first kappa shape index (κ1) is 11.5. The third-order valence-electron chi connectivity index (χ3n) is 3.39. The molecule has 0 radical (unpaired) electrons. The van der Waals surface area contributed by atoms with Crippen molar-refractivity contribution in [3.63, 3.8) is 0 Å². The molecule has 3 rings (SSSR count). The summed E-state index contributed by atoms with van der Waals surface area (Å²) in [6.07, 6.45) is 5.51. The Kier molecular flexibility index (Phi) is 2.92. The Morgan fingerprint density at radius 2 is 2.00 bits per heavy atom. The molecule has 0 spiro atoms. The highest BCUT2D eigenvalue weighted by atomic mass is 35.5. The number of rotatable bonds is 1. The normalized spacial score (nSPS) is 18.6. The number of para-hydroxylation sites is 1. The lowest BCUT2D eigenvalue weighted by Gasteiger charge is -2.36. The summed E-state index contributed by atoms with van der Waals surface area (Å²) in [5.74, 6) is 0.749. The summed E-state index contributed by atoms with van der Waals surface area (Å²) in [7, 11) is 0. The van der Waals surface area contributed by atoms with Gasteiger partial charge in [-0.25, -0.2) is 9.97 Å². The van der Waals surface area contributed by atoms with Gasteiger partial charge in [0.2, 0.25) is 0 Å². The van der Waals surface area contributed by atoms with Gasteiger partial charge >= 0.3 is 0 Å². The molecule has 1 aliphatic heterocycles. The second-order valence-corrected chi connectivity index (χ2v) is 4.92. The van der Waals surface area contributed by atoms with Crippen molar-refractivity contribution in [2.45, 2.75) is 25.8 Å². The molecule has 0 amide bonds. The Hall–Kier alpha value is -1.61. The number of fused-ring (bicyclic) bond motifs is 1. The largest absolute Gasteiger partial charge is 0.321 e. The fraction of sp³-hybridized carbons (Fsp3) is 0.286. The molecular weight excluding hydrogens is 246 g/mol. The van der Waals surface area contributed by atoms with Crippen molar-refractivity contribution in [1.29, 1.82) is 0 Å². The summed E-state index contributed by atoms with van der Waals surface area (Å²) in [4.78, 5) is 10.7. The predicted octanol–water partition coefficient (Wildman–Crippen LogP) is 3.60. The summed E-state index contributed by atoms with van der Waals surface area (Å²) in [6, 6.07) is 8.79. The van der Waals surface area contributed by atoms with Gasteiger partial charge in [0.25, 0.3) is 0 Å². The minimum absolute atomic E-state index is 0.383. The standard InChI is InChI=1S/C14H14ClN3/c1-10-6-7-11-4-2-3-5-12(11)18(10)14-13(15)16-8-9-17-14/h2-5,8-10H,6-7H2,1H3. The number of aryl methyl sites for hydroxylation is 1. The number of nitrogens with zero attached hydrogens (tertiary/aromatic N) is 3. The van der Waals surface area contributed by atoms with Crippen molar-refractivity contribution in [2.24, 2.45) is 0 Å². The van der Waals surface area contributed by atoms with E-state index in [1.807, 2.05) is 6.07 Å². The van der Waals surface area contributed by atoms with Crippen molar-refractivity contribution < 1.29 is 0 Å². The van der Waals surface area contributed by atoms with E-state index in [0.717, 1.165) is 18.7 Å². The lowest BCUT2D eigenvalue weighted by Crippen LogP contribution is -2.34. The molecule has 3 nitrogen and oxygen atoms in total. The van der Waals surface area contributed by atoms with Crippen LogP contribution in [0.25, 0.3) is 0 Å². The van der Waals surface area contributed by atoms with E-state index < -0.39 is 0 Å². The van der Waals surface area contributed by atoms with Crippen molar-refractivity contribution in [3.8, 4) is 0 Å². The number of hydrogen-bond acceptors (Lipinski definition) is 3. The van der Waals surface area contributed by atoms with Crippen LogP contribution in [0, 0.1) is 0 Å². The van der Waals surface area contributed by atoms with Gasteiger partial charge in [-0.1, -0.05) is 29.8 Å². The number of halogens is 1. The summed E-state index contributed by atoms with van der Waals surface area (Å²) in [6.45, 7) is 2.20. The van der Waals surface area contributed by atoms with Crippen LogP contribution < -0.4 is 4.90 Å². The van der Waals surface area contributed by atoms with E-state index in [4.69, 9.17) is 11.6 Å². The summed E-state index contributed by atoms with van der Waals surface area (Å²) >= 11 is 6.17. The number of hydrogen-bond donors (Lipinski definition) is 0. The molecule has 2 heterocycles. The van der Waals surface area contributed by atoms with Gasteiger partial charge in [0, 0.05) is 24.1 Å². The molecule has 0 N–H and O–H groups in total. The van der Waals surface area contributed by atoms with E-state index in [1.54, 1.807) is 12.4 Å². The topological polar surface area (TPSA) is 29.0 Å². The van der Waals surface area contributed by atoms with Crippen LogP contribution >= 0.6 is 11.6 Å². The average Bonchev–Trinajstić information content (AvgIpc) is 2.40. The van der Waals surface area contributed by atoms with Gasteiger partial charge in [-0.3, -0.25) is 0 Å². The molecule has 92 valence electrons. The average molecular weight is 260 g/mol. The van der Waals surface area contributed by atoms with Gasteiger partial charge in [-0.15, -0.1) is 0 Å². The van der Waals surface area contributed by atoms with E-state index in [-0.39, 0.29) is 0 Å². The molecular formula is C14H14ClN3. The fourth-order valence-electron chi connectivity index (χ4n) is 2.49. The van der Waals surface area contributed by atoms with Crippen LogP contribution in [0.4, 0.5) is 11.5 Å². The maximum absolute atomic E-state index is 6.17. The van der Waals surface area contributed by atoms with Crippen molar-refractivity contribution in [2.75, 3.05) is 4.90 Å². The lowest BCUT2D eigenvalue weighted by molar-refractivity contribution is 0.612. The molecule has 4 heteroatoms. The second kappa shape index (κ2) is 4.58. The van der Waals surface area contributed by atoms with Gasteiger partial charge in [-0.05, 0) is 31.4 Å². The summed E-state index contributed by atoms with van der Waals surface area (Å²) in [5.41, 5.74) is 2.54. The smallest absolute Gasteiger partial charge is 0.172 e. The van der Waals surface area contributed by atoms with Gasteiger partial charge < -0.3 is 4.90 Å². The minimum atomic E-state index is 0.383. The first-order valence-corrected chi connectivity index (χ1v) is 6.49. The third kappa shape index (κ3) is 1.85. The second-order valence-electron chi connectivity index (χ2n) is 4.56. The van der Waals surface area contributed by atoms with E-state index in [1.165, 1.54) is 11.3 Å². The Balaban J connectivity index is 2.14. The first-order chi connectivity index (χ1) is 8.77. The molecule has 1 unspecified atom stereocenters. The van der Waals surface area contributed by atoms with Gasteiger partial charge in [0.15, 0.2) is 11.0 Å². The van der Waals surface area contributed by atoms with Gasteiger partial charge in [0.05, 0.1) is 0 Å². The molecule has 0 bridgehead atoms. The summed E-state index contributed by atoms with van der Waals surface area (Å²) < 4.78 is 0. The Bertz CT molecular complexity index is 570. The zero-order valence-electron chi connectivity index (χ0n) is 10.2. The van der Waals surface area contributed by atoms with Crippen LogP contribution in [0.5, 0.6) is 0 Å². The van der Waals surface area contributed by atoms with Crippen LogP contribution in [0.3, 0.4) is 0 Å². The SMILES string of the molecule is CC1CCc2ccccc2N1c1nccnc1Cl. The highest BCUT2D eigenvalue weighted by molar-refractivity contribution is 6.31. The highest BCUT2D eigenvalue weighted by Gasteiger charge is 2.26. The van der Waals surface area contributed by atoms with Crippen LogP contribution in [0.2, 0.25) is 5.15 Å². The first-order valence-electron chi connectivity index (χ1n) is 6.11. The summed E-state index contributed by atoms with van der Waals surface area (Å²) in [5, 5.41) is 0.459. The molecule has 1 aromatic heterocycles. The van der Waals surface area contributed by atoms with Crippen molar-refractivity contribution in [1.82, 2.24) is 9.97 Å². The molecule has 0 saturated carbocycles. The number of aromatic nitrogens is 2. The van der Waals surface area contributed by atoms with E-state index in [2.05, 4.69) is 40.0 Å². The van der Waals surface area contributed by atoms with Gasteiger partial charge in [0.1, 0.15) is 0 Å². The molecule has 1 atom stereocenters. The van der Waals surface area contributed by atoms with Crippen molar-refractivity contribution >= 4 is 23.1 Å². The zero-order chi connectivity index (χ0) is 12.5. The Morgan fingerprint density at radius 1 is 1.22 bits per heavy atom. The zero-order valence-corrected chi connectivity index (χ0v) is 10.9. The van der Waals surface area contributed by atoms with E-state index in [9.17, 15) is 0 Å². The van der Waals surface area contributed by atoms with Crippen LogP contribution in [0.15, 0.2) is 36.7 Å². The van der Waals surface area contributed by atoms with Crippen LogP contribution in [-0.2, 0) is 6.42 Å². The highest BCUT2D eigenvalue weighted by Crippen LogP contribution is 2.37. The monoisotopic (exact) mass is 259 g/mol. The molecule has 0 aliphatic carbocycles. The van der Waals surface area contributed by atoms with Gasteiger partial charge in [-0.2, -0.15) is 0 Å². The number of anilines is 2. The maximum atomic E-state index is 6.17. The lowest BCUT2D eigenvalue weighted by atomic mass is 9.97. The Labute approximate surface area is 111 Å². The molecule has 1 aromatic carbocycles. The minimum Gasteiger partial charge on any atom is -0.321 e. The molecule has 0 fully saturated rings. The third-order valence-corrected chi connectivity index (χ3v) is 3.65. The van der Waals surface area contributed by atoms with Crippen LogP contribution in [0.1, 0.15) is 18.9 Å². The number of benzene rings is 1. The quantitative estimate of drug-likeness (QED) is 0.784. The predicted molar refractivity (Wildman–Crippen MR) is 73.4 cm³/mol. The molecule has 18 heavy (non-hydrogen) atoms. The van der Waals surface area contributed by atoms with Crippen molar-refractivity contribution in [3.05, 3.63) is 47.4 Å². The molecule has 2 aromatic rings. The Morgan fingerprint density at radius 3 is 2.83 bits per heavy atom. The van der Waals surface area contributed by atoms with E-state index >= 15 is 0 Å².